The van der Waals surface area contributed by atoms with Gasteiger partial charge >= 0.3 is 0 Å². The molecule has 2 atom stereocenters. The van der Waals surface area contributed by atoms with E-state index in [-0.39, 0.29) is 12.1 Å². The molecule has 2 unspecified atom stereocenters. The molecule has 98 valence electrons. The number of nitrogens with one attached hydrogen (secondary N) is 1. The second-order valence-corrected chi connectivity index (χ2v) is 4.85. The van der Waals surface area contributed by atoms with E-state index in [0.717, 1.165) is 19.3 Å². The van der Waals surface area contributed by atoms with Crippen molar-refractivity contribution in [3.8, 4) is 0 Å². The van der Waals surface area contributed by atoms with Gasteiger partial charge in [-0.3, -0.25) is 10.1 Å². The molecule has 0 aromatic heterocycles. The first kappa shape index (κ1) is 13.1. The fourth-order valence-corrected chi connectivity index (χ4v) is 2.72. The van der Waals surface area contributed by atoms with Gasteiger partial charge in [-0.2, -0.15) is 0 Å². The Bertz CT molecular complexity index is 391. The molecule has 0 bridgehead atoms. The molecule has 0 spiro atoms. The molecule has 3 nitrogen and oxygen atoms in total. The van der Waals surface area contributed by atoms with Crippen LogP contribution in [0.15, 0.2) is 30.3 Å². The summed E-state index contributed by atoms with van der Waals surface area (Å²) >= 11 is 0. The summed E-state index contributed by atoms with van der Waals surface area (Å²) in [6.45, 7) is 4.79. The monoisotopic (exact) mass is 246 g/mol. The average molecular weight is 246 g/mol. The van der Waals surface area contributed by atoms with E-state index in [4.69, 9.17) is 0 Å². The van der Waals surface area contributed by atoms with Crippen molar-refractivity contribution < 1.29 is 4.79 Å². The minimum absolute atomic E-state index is 0.0511. The van der Waals surface area contributed by atoms with Gasteiger partial charge in [0.25, 0.3) is 0 Å². The fraction of sp³-hybridized carbons (Fsp3) is 0.533. The van der Waals surface area contributed by atoms with Crippen LogP contribution in [0.25, 0.3) is 0 Å². The first-order valence-corrected chi connectivity index (χ1v) is 6.87. The molecule has 1 aliphatic rings. The topological polar surface area (TPSA) is 32.3 Å². The van der Waals surface area contributed by atoms with E-state index in [2.05, 4.69) is 31.3 Å². The molecule has 1 N–H and O–H groups in total. The smallest absolute Gasteiger partial charge is 0.238 e. The average Bonchev–Trinajstić information content (AvgIpc) is 2.79. The third-order valence-electron chi connectivity index (χ3n) is 3.61. The maximum Gasteiger partial charge on any atom is 0.238 e. The zero-order chi connectivity index (χ0) is 13.0. The number of hydrogen-bond acceptors (Lipinski definition) is 2. The zero-order valence-corrected chi connectivity index (χ0v) is 11.2. The molecule has 1 aromatic rings. The molecule has 0 aliphatic carbocycles. The van der Waals surface area contributed by atoms with Gasteiger partial charge in [0.15, 0.2) is 0 Å². The molecule has 1 aromatic carbocycles. The lowest BCUT2D eigenvalue weighted by atomic mass is 10.1. The first-order chi connectivity index (χ1) is 8.77. The van der Waals surface area contributed by atoms with Crippen molar-refractivity contribution in [3.63, 3.8) is 0 Å². The van der Waals surface area contributed by atoms with E-state index in [9.17, 15) is 4.79 Å². The lowest BCUT2D eigenvalue weighted by molar-refractivity contribution is -0.130. The van der Waals surface area contributed by atoms with Crippen LogP contribution in [0.5, 0.6) is 0 Å². The molecular formula is C15H22N2O. The van der Waals surface area contributed by atoms with Crippen molar-refractivity contribution in [1.82, 2.24) is 10.2 Å². The van der Waals surface area contributed by atoms with Gasteiger partial charge in [-0.25, -0.2) is 0 Å². The maximum absolute atomic E-state index is 12.1. The van der Waals surface area contributed by atoms with Crippen molar-refractivity contribution >= 4 is 5.91 Å². The zero-order valence-electron chi connectivity index (χ0n) is 11.2. The summed E-state index contributed by atoms with van der Waals surface area (Å²) in [4.78, 5) is 14.1. The van der Waals surface area contributed by atoms with E-state index < -0.39 is 0 Å². The molecule has 1 fully saturated rings. The van der Waals surface area contributed by atoms with Crippen LogP contribution in [0.2, 0.25) is 0 Å². The van der Waals surface area contributed by atoms with Crippen molar-refractivity contribution in [3.05, 3.63) is 35.9 Å². The quantitative estimate of drug-likeness (QED) is 0.866. The van der Waals surface area contributed by atoms with Gasteiger partial charge < -0.3 is 4.90 Å². The van der Waals surface area contributed by atoms with Crippen molar-refractivity contribution in [2.45, 2.75) is 45.3 Å². The van der Waals surface area contributed by atoms with Crippen LogP contribution in [-0.2, 0) is 4.79 Å². The summed E-state index contributed by atoms with van der Waals surface area (Å²) in [5.74, 6) is 0.226. The van der Waals surface area contributed by atoms with E-state index in [1.54, 1.807) is 0 Å². The molecule has 0 radical (unpaired) electrons. The van der Waals surface area contributed by atoms with Gasteiger partial charge in [0, 0.05) is 6.04 Å². The highest BCUT2D eigenvalue weighted by Crippen LogP contribution is 2.27. The van der Waals surface area contributed by atoms with Gasteiger partial charge in [-0.1, -0.05) is 50.6 Å². The third kappa shape index (κ3) is 2.56. The Hall–Kier alpha value is -1.35. The van der Waals surface area contributed by atoms with Crippen LogP contribution in [0.3, 0.4) is 0 Å². The van der Waals surface area contributed by atoms with Gasteiger partial charge in [0.05, 0.1) is 6.54 Å². The highest BCUT2D eigenvalue weighted by Gasteiger charge is 2.35. The molecule has 2 rings (SSSR count). The Kier molecular flexibility index (Phi) is 4.37. The number of carbonyl (C=O) groups is 1. The molecule has 0 saturated carbocycles. The summed E-state index contributed by atoms with van der Waals surface area (Å²) in [6, 6.07) is 10.6. The lowest BCUT2D eigenvalue weighted by Crippen LogP contribution is -2.39. The van der Waals surface area contributed by atoms with Crippen LogP contribution in [0.4, 0.5) is 0 Å². The Balaban J connectivity index is 2.22. The minimum Gasteiger partial charge on any atom is -0.319 e. The molecule has 1 aliphatic heterocycles. The number of benzene rings is 1. The Morgan fingerprint density at radius 1 is 1.33 bits per heavy atom. The summed E-state index contributed by atoms with van der Waals surface area (Å²) < 4.78 is 0. The van der Waals surface area contributed by atoms with Crippen molar-refractivity contribution in [2.24, 2.45) is 0 Å². The predicted molar refractivity (Wildman–Crippen MR) is 73.0 cm³/mol. The van der Waals surface area contributed by atoms with E-state index in [1.807, 2.05) is 23.1 Å². The summed E-state index contributed by atoms with van der Waals surface area (Å²) in [5.41, 5.74) is 1.18. The van der Waals surface area contributed by atoms with Crippen LogP contribution in [0.1, 0.15) is 44.8 Å². The van der Waals surface area contributed by atoms with Gasteiger partial charge in [0.1, 0.15) is 6.17 Å². The Labute approximate surface area is 109 Å². The number of amides is 1. The normalized spacial score (nSPS) is 21.3. The van der Waals surface area contributed by atoms with Gasteiger partial charge in [0.2, 0.25) is 5.91 Å². The van der Waals surface area contributed by atoms with Crippen LogP contribution in [0, 0.1) is 0 Å². The molecular weight excluding hydrogens is 224 g/mol. The number of nitrogens with zero attached hydrogens (tertiary/aromatic N) is 1. The SMILES string of the molecule is CCCC(CC)N1C(=O)CNC1c1ccccc1. The highest BCUT2D eigenvalue weighted by atomic mass is 16.2. The first-order valence-electron chi connectivity index (χ1n) is 6.87. The van der Waals surface area contributed by atoms with Gasteiger partial charge in [-0.15, -0.1) is 0 Å². The number of hydrogen-bond donors (Lipinski definition) is 1. The van der Waals surface area contributed by atoms with Gasteiger partial charge in [-0.05, 0) is 18.4 Å². The van der Waals surface area contributed by atoms with Crippen LogP contribution < -0.4 is 5.32 Å². The molecule has 3 heteroatoms. The lowest BCUT2D eigenvalue weighted by Gasteiger charge is -2.32. The largest absolute Gasteiger partial charge is 0.319 e. The van der Waals surface area contributed by atoms with Crippen molar-refractivity contribution in [1.29, 1.82) is 0 Å². The maximum atomic E-state index is 12.1. The molecule has 1 amide bonds. The number of carbonyl (C=O) groups excluding carboxylic acids is 1. The molecule has 1 heterocycles. The fourth-order valence-electron chi connectivity index (χ4n) is 2.72. The van der Waals surface area contributed by atoms with Crippen LogP contribution in [-0.4, -0.2) is 23.4 Å². The standard InChI is InChI=1S/C15H22N2O/c1-3-8-13(4-2)17-14(18)11-16-15(17)12-9-6-5-7-10-12/h5-7,9-10,13,15-16H,3-4,8,11H2,1-2H3. The number of rotatable bonds is 5. The highest BCUT2D eigenvalue weighted by molar-refractivity contribution is 5.81. The summed E-state index contributed by atoms with van der Waals surface area (Å²) in [7, 11) is 0. The van der Waals surface area contributed by atoms with E-state index in [0.29, 0.717) is 12.6 Å². The second kappa shape index (κ2) is 6.01. The predicted octanol–water partition coefficient (Wildman–Crippen LogP) is 2.70. The third-order valence-corrected chi connectivity index (χ3v) is 3.61. The van der Waals surface area contributed by atoms with E-state index in [1.165, 1.54) is 5.56 Å². The second-order valence-electron chi connectivity index (χ2n) is 4.85. The van der Waals surface area contributed by atoms with E-state index >= 15 is 0 Å². The van der Waals surface area contributed by atoms with Crippen molar-refractivity contribution in [2.75, 3.05) is 6.54 Å². The minimum atomic E-state index is 0.0511. The summed E-state index contributed by atoms with van der Waals surface area (Å²) in [5, 5.41) is 3.32. The molecule has 18 heavy (non-hydrogen) atoms. The molecule has 1 saturated heterocycles. The Morgan fingerprint density at radius 2 is 2.06 bits per heavy atom. The van der Waals surface area contributed by atoms with Crippen LogP contribution >= 0.6 is 0 Å². The Morgan fingerprint density at radius 3 is 2.67 bits per heavy atom. The summed E-state index contributed by atoms with van der Waals surface area (Å²) in [6.07, 6.45) is 3.26.